The third-order valence-corrected chi connectivity index (χ3v) is 4.52. The first kappa shape index (κ1) is 13.6. The minimum Gasteiger partial charge on any atom is -0.462 e. The molecule has 0 saturated heterocycles. The summed E-state index contributed by atoms with van der Waals surface area (Å²) < 4.78 is 5.69. The topological polar surface area (TPSA) is 26.3 Å². The molecule has 2 rings (SSSR count). The van der Waals surface area contributed by atoms with Crippen molar-refractivity contribution >= 4 is 5.97 Å². The van der Waals surface area contributed by atoms with Crippen molar-refractivity contribution in [3.63, 3.8) is 0 Å². The highest BCUT2D eigenvalue weighted by Crippen LogP contribution is 2.32. The van der Waals surface area contributed by atoms with E-state index in [2.05, 4.69) is 6.58 Å². The Balaban J connectivity index is 1.85. The van der Waals surface area contributed by atoms with Gasteiger partial charge in [0.15, 0.2) is 0 Å². The fourth-order valence-corrected chi connectivity index (χ4v) is 3.40. The van der Waals surface area contributed by atoms with Crippen LogP contribution in [0.25, 0.3) is 0 Å². The van der Waals surface area contributed by atoms with Crippen molar-refractivity contribution in [1.82, 2.24) is 0 Å². The van der Waals surface area contributed by atoms with Crippen molar-refractivity contribution in [1.29, 1.82) is 0 Å². The lowest BCUT2D eigenvalue weighted by molar-refractivity contribution is -0.155. The second-order valence-corrected chi connectivity index (χ2v) is 5.86. The average molecular weight is 250 g/mol. The van der Waals surface area contributed by atoms with Gasteiger partial charge in [-0.3, -0.25) is 4.79 Å². The maximum Gasteiger partial charge on any atom is 0.313 e. The van der Waals surface area contributed by atoms with E-state index in [-0.39, 0.29) is 18.0 Å². The normalized spacial score (nSPS) is 24.4. The number of ether oxygens (including phenoxy) is 1. The third kappa shape index (κ3) is 3.60. The Morgan fingerprint density at radius 3 is 2.11 bits per heavy atom. The number of rotatable bonds is 4. The summed E-state index contributed by atoms with van der Waals surface area (Å²) in [6, 6.07) is 0. The summed E-state index contributed by atoms with van der Waals surface area (Å²) in [6.45, 7) is 3.85. The molecule has 0 bridgehead atoms. The molecule has 0 radical (unpaired) electrons. The predicted octanol–water partition coefficient (Wildman–Crippen LogP) is 4.24. The highest BCUT2D eigenvalue weighted by atomic mass is 16.5. The first-order valence-corrected chi connectivity index (χ1v) is 7.64. The number of carbonyl (C=O) groups is 1. The first-order chi connectivity index (χ1) is 8.81. The van der Waals surface area contributed by atoms with Crippen LogP contribution in [0.3, 0.4) is 0 Å². The second-order valence-electron chi connectivity index (χ2n) is 5.86. The van der Waals surface area contributed by atoms with Crippen LogP contribution < -0.4 is 0 Å². The Morgan fingerprint density at radius 1 is 1.00 bits per heavy atom. The molecule has 2 aliphatic rings. The molecule has 2 saturated carbocycles. The quantitative estimate of drug-likeness (QED) is 0.551. The van der Waals surface area contributed by atoms with Crippen molar-refractivity contribution in [3.8, 4) is 0 Å². The van der Waals surface area contributed by atoms with E-state index < -0.39 is 0 Å². The predicted molar refractivity (Wildman–Crippen MR) is 73.2 cm³/mol. The smallest absolute Gasteiger partial charge is 0.313 e. The first-order valence-electron chi connectivity index (χ1n) is 7.64. The lowest BCUT2D eigenvalue weighted by Gasteiger charge is -2.29. The van der Waals surface area contributed by atoms with Crippen molar-refractivity contribution < 1.29 is 9.53 Å². The van der Waals surface area contributed by atoms with Gasteiger partial charge in [0.2, 0.25) is 0 Å². The summed E-state index contributed by atoms with van der Waals surface area (Å²) in [5, 5.41) is 0. The zero-order chi connectivity index (χ0) is 12.8. The van der Waals surface area contributed by atoms with Gasteiger partial charge in [-0.1, -0.05) is 31.8 Å². The highest BCUT2D eigenvalue weighted by molar-refractivity contribution is 5.75. The van der Waals surface area contributed by atoms with Gasteiger partial charge >= 0.3 is 5.97 Å². The van der Waals surface area contributed by atoms with Gasteiger partial charge in [0, 0.05) is 0 Å². The molecule has 0 aromatic rings. The number of hydrogen-bond donors (Lipinski definition) is 0. The number of carbonyl (C=O) groups excluding carboxylic acids is 1. The van der Waals surface area contributed by atoms with E-state index in [1.54, 1.807) is 0 Å². The van der Waals surface area contributed by atoms with Gasteiger partial charge in [-0.2, -0.15) is 0 Å². The van der Waals surface area contributed by atoms with Crippen LogP contribution in [0.2, 0.25) is 0 Å². The zero-order valence-corrected chi connectivity index (χ0v) is 11.4. The van der Waals surface area contributed by atoms with Gasteiger partial charge in [0.05, 0.1) is 5.92 Å². The molecule has 0 spiro atoms. The van der Waals surface area contributed by atoms with Crippen LogP contribution >= 0.6 is 0 Å². The van der Waals surface area contributed by atoms with Crippen LogP contribution in [-0.2, 0) is 9.53 Å². The lowest BCUT2D eigenvalue weighted by Crippen LogP contribution is -2.30. The SMILES string of the molecule is C=CC(C(=O)OC1CCCCC1)C1CCCCC1. The Labute approximate surface area is 111 Å². The van der Waals surface area contributed by atoms with Crippen molar-refractivity contribution in [2.75, 3.05) is 0 Å². The fraction of sp³-hybridized carbons (Fsp3) is 0.812. The van der Waals surface area contributed by atoms with Crippen LogP contribution in [0, 0.1) is 11.8 Å². The summed E-state index contributed by atoms with van der Waals surface area (Å²) in [4.78, 5) is 12.2. The van der Waals surface area contributed by atoms with Crippen LogP contribution in [0.4, 0.5) is 0 Å². The maximum atomic E-state index is 12.2. The molecular weight excluding hydrogens is 224 g/mol. The Morgan fingerprint density at radius 2 is 1.56 bits per heavy atom. The molecule has 0 N–H and O–H groups in total. The molecule has 0 aromatic heterocycles. The molecule has 0 amide bonds. The number of esters is 1. The molecule has 2 aliphatic carbocycles. The van der Waals surface area contributed by atoms with E-state index in [1.165, 1.54) is 38.5 Å². The van der Waals surface area contributed by atoms with E-state index in [0.29, 0.717) is 5.92 Å². The summed E-state index contributed by atoms with van der Waals surface area (Å²) in [5.41, 5.74) is 0. The minimum atomic E-state index is -0.0628. The maximum absolute atomic E-state index is 12.2. The molecule has 0 aromatic carbocycles. The molecule has 102 valence electrons. The van der Waals surface area contributed by atoms with E-state index >= 15 is 0 Å². The van der Waals surface area contributed by atoms with Crippen LogP contribution in [0.1, 0.15) is 64.2 Å². The van der Waals surface area contributed by atoms with Crippen molar-refractivity contribution in [2.24, 2.45) is 11.8 Å². The Kier molecular flexibility index (Phi) is 5.27. The van der Waals surface area contributed by atoms with Crippen LogP contribution in [0.15, 0.2) is 12.7 Å². The molecule has 2 nitrogen and oxygen atoms in total. The molecule has 18 heavy (non-hydrogen) atoms. The number of hydrogen-bond acceptors (Lipinski definition) is 2. The molecule has 2 heteroatoms. The van der Waals surface area contributed by atoms with Gasteiger partial charge < -0.3 is 4.74 Å². The van der Waals surface area contributed by atoms with Gasteiger partial charge in [0.25, 0.3) is 0 Å². The monoisotopic (exact) mass is 250 g/mol. The summed E-state index contributed by atoms with van der Waals surface area (Å²) in [6.07, 6.45) is 14.0. The molecule has 1 unspecified atom stereocenters. The minimum absolute atomic E-state index is 0.0104. The molecule has 0 heterocycles. The zero-order valence-electron chi connectivity index (χ0n) is 11.4. The van der Waals surface area contributed by atoms with E-state index in [4.69, 9.17) is 4.74 Å². The van der Waals surface area contributed by atoms with Gasteiger partial charge in [0.1, 0.15) is 6.10 Å². The Hall–Kier alpha value is -0.790. The van der Waals surface area contributed by atoms with Gasteiger partial charge in [-0.25, -0.2) is 0 Å². The van der Waals surface area contributed by atoms with E-state index in [0.717, 1.165) is 25.7 Å². The standard InChI is InChI=1S/C16H26O2/c1-2-15(13-9-5-3-6-10-13)16(17)18-14-11-7-4-8-12-14/h2,13-15H,1,3-12H2. The van der Waals surface area contributed by atoms with Gasteiger partial charge in [-0.05, 0) is 44.4 Å². The summed E-state index contributed by atoms with van der Waals surface area (Å²) >= 11 is 0. The fourth-order valence-electron chi connectivity index (χ4n) is 3.40. The average Bonchev–Trinajstić information content (AvgIpc) is 2.42. The summed E-state index contributed by atoms with van der Waals surface area (Å²) in [5.74, 6) is 0.406. The van der Waals surface area contributed by atoms with E-state index in [1.807, 2.05) is 6.08 Å². The molecule has 0 aliphatic heterocycles. The summed E-state index contributed by atoms with van der Waals surface area (Å²) in [7, 11) is 0. The highest BCUT2D eigenvalue weighted by Gasteiger charge is 2.30. The lowest BCUT2D eigenvalue weighted by atomic mass is 9.80. The molecule has 2 fully saturated rings. The van der Waals surface area contributed by atoms with Crippen molar-refractivity contribution in [2.45, 2.75) is 70.3 Å². The molecular formula is C16H26O2. The third-order valence-electron chi connectivity index (χ3n) is 4.52. The Bertz CT molecular complexity index is 273. The second kappa shape index (κ2) is 6.96. The largest absolute Gasteiger partial charge is 0.462 e. The van der Waals surface area contributed by atoms with Gasteiger partial charge in [-0.15, -0.1) is 6.58 Å². The van der Waals surface area contributed by atoms with Crippen molar-refractivity contribution in [3.05, 3.63) is 12.7 Å². The molecule has 1 atom stereocenters. The van der Waals surface area contributed by atoms with Crippen LogP contribution in [-0.4, -0.2) is 12.1 Å². The van der Waals surface area contributed by atoms with E-state index in [9.17, 15) is 4.79 Å². The van der Waals surface area contributed by atoms with Crippen LogP contribution in [0.5, 0.6) is 0 Å².